The van der Waals surface area contributed by atoms with Crippen molar-refractivity contribution < 1.29 is 9.18 Å². The Hall–Kier alpha value is -1.38. The van der Waals surface area contributed by atoms with Gasteiger partial charge in [0.25, 0.3) is 0 Å². The average molecular weight is 488 g/mol. The molecule has 4 nitrogen and oxygen atoms in total. The molecule has 30 heavy (non-hydrogen) atoms. The van der Waals surface area contributed by atoms with Crippen LogP contribution in [0.3, 0.4) is 0 Å². The van der Waals surface area contributed by atoms with Gasteiger partial charge in [0.15, 0.2) is 5.13 Å². The second kappa shape index (κ2) is 11.9. The molecule has 0 aliphatic rings. The van der Waals surface area contributed by atoms with Gasteiger partial charge in [0.1, 0.15) is 5.82 Å². The van der Waals surface area contributed by atoms with E-state index < -0.39 is 0 Å². The van der Waals surface area contributed by atoms with Gasteiger partial charge in [0.05, 0.1) is 10.2 Å². The Morgan fingerprint density at radius 2 is 1.90 bits per heavy atom. The minimum Gasteiger partial charge on any atom is -0.309 e. The molecule has 0 aliphatic heterocycles. The zero-order chi connectivity index (χ0) is 20.8. The zero-order valence-corrected chi connectivity index (χ0v) is 20.0. The van der Waals surface area contributed by atoms with Gasteiger partial charge >= 0.3 is 0 Å². The molecular weight excluding hydrogens is 464 g/mol. The number of hydrogen-bond acceptors (Lipinski definition) is 5. The number of nitrogens with zero attached hydrogens (tertiary/aromatic N) is 3. The highest BCUT2D eigenvalue weighted by molar-refractivity contribution is 7.99. The third kappa shape index (κ3) is 7.10. The molecule has 162 valence electrons. The van der Waals surface area contributed by atoms with Crippen LogP contribution < -0.4 is 4.90 Å². The zero-order valence-electron chi connectivity index (χ0n) is 16.8. The highest BCUT2D eigenvalue weighted by Gasteiger charge is 2.19. The van der Waals surface area contributed by atoms with Crippen molar-refractivity contribution in [2.75, 3.05) is 37.8 Å². The number of amides is 1. The van der Waals surface area contributed by atoms with Gasteiger partial charge < -0.3 is 4.90 Å². The van der Waals surface area contributed by atoms with Crippen LogP contribution in [0.4, 0.5) is 9.52 Å². The smallest absolute Gasteiger partial charge is 0.229 e. The predicted octanol–water partition coefficient (Wildman–Crippen LogP) is 5.98. The largest absolute Gasteiger partial charge is 0.309 e. The topological polar surface area (TPSA) is 36.4 Å². The fourth-order valence-corrected chi connectivity index (χ4v) is 4.80. The van der Waals surface area contributed by atoms with Gasteiger partial charge in [0.2, 0.25) is 5.91 Å². The predicted molar refractivity (Wildman–Crippen MR) is 129 cm³/mol. The van der Waals surface area contributed by atoms with Crippen LogP contribution in [-0.2, 0) is 4.79 Å². The van der Waals surface area contributed by atoms with E-state index in [0.29, 0.717) is 34.4 Å². The monoisotopic (exact) mass is 487 g/mol. The molecule has 0 N–H and O–H groups in total. The Kier molecular flexibility index (Phi) is 9.84. The summed E-state index contributed by atoms with van der Waals surface area (Å²) in [6, 6.07) is 12.1. The molecule has 2 aromatic carbocycles. The van der Waals surface area contributed by atoms with Crippen LogP contribution in [0.5, 0.6) is 0 Å². The van der Waals surface area contributed by atoms with Crippen molar-refractivity contribution >= 4 is 68.4 Å². The second-order valence-corrected chi connectivity index (χ2v) is 9.48. The third-order valence-electron chi connectivity index (χ3n) is 4.26. The van der Waals surface area contributed by atoms with Crippen molar-refractivity contribution in [3.8, 4) is 0 Å². The highest BCUT2D eigenvalue weighted by atomic mass is 35.5. The summed E-state index contributed by atoms with van der Waals surface area (Å²) in [7, 11) is 4.02. The van der Waals surface area contributed by atoms with Crippen molar-refractivity contribution in [2.45, 2.75) is 17.7 Å². The molecule has 0 radical (unpaired) electrons. The summed E-state index contributed by atoms with van der Waals surface area (Å²) in [5.74, 6) is 0.409. The number of carbonyl (C=O) groups is 1. The van der Waals surface area contributed by atoms with Crippen molar-refractivity contribution in [2.24, 2.45) is 0 Å². The van der Waals surface area contributed by atoms with Crippen molar-refractivity contribution in [1.82, 2.24) is 9.88 Å². The van der Waals surface area contributed by atoms with Gasteiger partial charge in [-0.25, -0.2) is 9.37 Å². The SMILES string of the molecule is CN(C)CCCN(C(=O)CCSc1ccc(Cl)cc1)c1nc2ccc(F)cc2s1.Cl. The van der Waals surface area contributed by atoms with Crippen LogP contribution in [0.25, 0.3) is 10.2 Å². The molecule has 3 rings (SSSR count). The standard InChI is InChI=1S/C21H23ClFN3OS2.ClH/c1-25(2)11-3-12-26(21-24-18-9-6-16(23)14-19(18)29-21)20(27)10-13-28-17-7-4-15(22)5-8-17;/h4-9,14H,3,10-13H2,1-2H3;1H. The summed E-state index contributed by atoms with van der Waals surface area (Å²) >= 11 is 8.90. The van der Waals surface area contributed by atoms with Crippen molar-refractivity contribution in [3.63, 3.8) is 0 Å². The first-order valence-corrected chi connectivity index (χ1v) is 11.5. The summed E-state index contributed by atoms with van der Waals surface area (Å²) in [5, 5.41) is 1.33. The van der Waals surface area contributed by atoms with E-state index in [1.54, 1.807) is 22.7 Å². The number of hydrogen-bond donors (Lipinski definition) is 0. The van der Waals surface area contributed by atoms with Crippen molar-refractivity contribution in [1.29, 1.82) is 0 Å². The van der Waals surface area contributed by atoms with E-state index in [1.165, 1.54) is 23.5 Å². The molecule has 9 heteroatoms. The molecule has 0 saturated carbocycles. The van der Waals surface area contributed by atoms with Gasteiger partial charge in [-0.05, 0) is 69.5 Å². The van der Waals surface area contributed by atoms with Crippen LogP contribution in [0.1, 0.15) is 12.8 Å². The van der Waals surface area contributed by atoms with Crippen LogP contribution >= 0.6 is 47.1 Å². The summed E-state index contributed by atoms with van der Waals surface area (Å²) in [5.41, 5.74) is 0.715. The lowest BCUT2D eigenvalue weighted by molar-refractivity contribution is -0.118. The number of thiazole rings is 1. The van der Waals surface area contributed by atoms with Crippen LogP contribution in [0.2, 0.25) is 5.02 Å². The third-order valence-corrected chi connectivity index (χ3v) is 6.56. The molecule has 1 aromatic heterocycles. The van der Waals surface area contributed by atoms with E-state index in [1.807, 2.05) is 38.4 Å². The van der Waals surface area contributed by atoms with E-state index in [4.69, 9.17) is 11.6 Å². The minimum absolute atomic E-state index is 0. The van der Waals surface area contributed by atoms with Gasteiger partial charge in [0, 0.05) is 28.6 Å². The number of benzene rings is 2. The number of aromatic nitrogens is 1. The van der Waals surface area contributed by atoms with E-state index in [2.05, 4.69) is 9.88 Å². The van der Waals surface area contributed by atoms with Gasteiger partial charge in [-0.15, -0.1) is 24.2 Å². The number of fused-ring (bicyclic) bond motifs is 1. The molecule has 0 saturated heterocycles. The normalized spacial score (nSPS) is 11.0. The maximum absolute atomic E-state index is 13.5. The molecule has 0 bridgehead atoms. The Morgan fingerprint density at radius 1 is 1.17 bits per heavy atom. The molecule has 0 fully saturated rings. The molecule has 3 aromatic rings. The fourth-order valence-electron chi connectivity index (χ4n) is 2.80. The van der Waals surface area contributed by atoms with Gasteiger partial charge in [-0.3, -0.25) is 9.69 Å². The number of rotatable bonds is 9. The maximum atomic E-state index is 13.5. The summed E-state index contributed by atoms with van der Waals surface area (Å²) in [6.45, 7) is 1.47. The van der Waals surface area contributed by atoms with Crippen LogP contribution in [0, 0.1) is 5.82 Å². The number of anilines is 1. The van der Waals surface area contributed by atoms with Gasteiger partial charge in [-0.2, -0.15) is 0 Å². The average Bonchev–Trinajstić information content (AvgIpc) is 3.09. The summed E-state index contributed by atoms with van der Waals surface area (Å²) < 4.78 is 14.3. The Bertz CT molecular complexity index is 967. The molecule has 0 aliphatic carbocycles. The second-order valence-electron chi connectivity index (χ2n) is 6.86. The fraction of sp³-hybridized carbons (Fsp3) is 0.333. The number of halogens is 3. The van der Waals surface area contributed by atoms with E-state index >= 15 is 0 Å². The Morgan fingerprint density at radius 3 is 2.60 bits per heavy atom. The lowest BCUT2D eigenvalue weighted by Gasteiger charge is -2.21. The summed E-state index contributed by atoms with van der Waals surface area (Å²) in [4.78, 5) is 22.5. The van der Waals surface area contributed by atoms with Crippen LogP contribution in [-0.4, -0.2) is 48.7 Å². The van der Waals surface area contributed by atoms with E-state index in [-0.39, 0.29) is 24.1 Å². The van der Waals surface area contributed by atoms with E-state index in [0.717, 1.165) is 22.6 Å². The van der Waals surface area contributed by atoms with Crippen LogP contribution in [0.15, 0.2) is 47.4 Å². The first-order valence-electron chi connectivity index (χ1n) is 9.32. The number of thioether (sulfide) groups is 1. The summed E-state index contributed by atoms with van der Waals surface area (Å²) in [6.07, 6.45) is 1.24. The van der Waals surface area contributed by atoms with E-state index in [9.17, 15) is 9.18 Å². The number of carbonyl (C=O) groups excluding carboxylic acids is 1. The Labute approximate surface area is 195 Å². The van der Waals surface area contributed by atoms with Crippen molar-refractivity contribution in [3.05, 3.63) is 53.3 Å². The minimum atomic E-state index is -0.294. The lowest BCUT2D eigenvalue weighted by atomic mass is 10.3. The molecule has 0 spiro atoms. The molecule has 1 amide bonds. The quantitative estimate of drug-likeness (QED) is 0.348. The molecular formula is C21H24Cl2FN3OS2. The van der Waals surface area contributed by atoms with Gasteiger partial charge in [-0.1, -0.05) is 22.9 Å². The molecule has 0 unspecified atom stereocenters. The lowest BCUT2D eigenvalue weighted by Crippen LogP contribution is -2.33. The maximum Gasteiger partial charge on any atom is 0.229 e. The first-order chi connectivity index (χ1) is 13.9. The molecule has 1 heterocycles. The highest BCUT2D eigenvalue weighted by Crippen LogP contribution is 2.30. The Balaban J connectivity index is 0.00000320. The molecule has 0 atom stereocenters. The first kappa shape index (κ1) is 24.9.